The van der Waals surface area contributed by atoms with Crippen molar-refractivity contribution in [1.29, 1.82) is 0 Å². The topological polar surface area (TPSA) is 81.1 Å². The van der Waals surface area contributed by atoms with Gasteiger partial charge in [0.15, 0.2) is 0 Å². The highest BCUT2D eigenvalue weighted by Gasteiger charge is 2.07. The van der Waals surface area contributed by atoms with E-state index in [1.807, 2.05) is 6.07 Å². The normalized spacial score (nSPS) is 10.5. The third-order valence-corrected chi connectivity index (χ3v) is 3.05. The molecule has 2 rings (SSSR count). The summed E-state index contributed by atoms with van der Waals surface area (Å²) in [6.07, 6.45) is 1.65. The Morgan fingerprint density at radius 1 is 1.47 bits per heavy atom. The monoisotopic (exact) mass is 295 g/mol. The summed E-state index contributed by atoms with van der Waals surface area (Å²) in [6.45, 7) is -0.0352. The summed E-state index contributed by atoms with van der Waals surface area (Å²) in [5, 5.41) is 13.1. The van der Waals surface area contributed by atoms with Crippen LogP contribution in [0.25, 0.3) is 5.69 Å². The molecule has 1 heterocycles. The third kappa shape index (κ3) is 2.37. The van der Waals surface area contributed by atoms with Crippen LogP contribution in [0.5, 0.6) is 0 Å². The van der Waals surface area contributed by atoms with E-state index in [1.165, 1.54) is 0 Å². The Bertz CT molecular complexity index is 566. The van der Waals surface area contributed by atoms with Crippen molar-refractivity contribution in [3.05, 3.63) is 46.2 Å². The minimum absolute atomic E-state index is 0.0352. The quantitative estimate of drug-likeness (QED) is 0.893. The molecule has 0 aliphatic carbocycles. The maximum atomic E-state index is 10.9. The molecule has 1 aromatic carbocycles. The molecular formula is C11H10BrN3O2. The smallest absolute Gasteiger partial charge is 0.269 e. The van der Waals surface area contributed by atoms with E-state index in [2.05, 4.69) is 21.0 Å². The fourth-order valence-corrected chi connectivity index (χ4v) is 1.90. The predicted molar refractivity (Wildman–Crippen MR) is 65.7 cm³/mol. The number of aliphatic hydroxyl groups excluding tert-OH is 1. The fraction of sp³-hybridized carbons (Fsp3) is 0.0909. The van der Waals surface area contributed by atoms with Crippen LogP contribution in [0.2, 0.25) is 0 Å². The van der Waals surface area contributed by atoms with Crippen LogP contribution < -0.4 is 5.73 Å². The average molecular weight is 296 g/mol. The second kappa shape index (κ2) is 4.68. The molecule has 0 atom stereocenters. The van der Waals surface area contributed by atoms with E-state index >= 15 is 0 Å². The van der Waals surface area contributed by atoms with E-state index in [-0.39, 0.29) is 12.3 Å². The molecule has 0 fully saturated rings. The Kier molecular flexibility index (Phi) is 3.26. The number of rotatable bonds is 3. The number of aliphatic hydroxyl groups is 1. The van der Waals surface area contributed by atoms with Crippen molar-refractivity contribution in [2.75, 3.05) is 0 Å². The van der Waals surface area contributed by atoms with Gasteiger partial charge in [-0.15, -0.1) is 0 Å². The first-order chi connectivity index (χ1) is 8.11. The van der Waals surface area contributed by atoms with Crippen LogP contribution in [-0.4, -0.2) is 20.8 Å². The molecule has 17 heavy (non-hydrogen) atoms. The second-order valence-corrected chi connectivity index (χ2v) is 4.30. The minimum atomic E-state index is -0.560. The summed E-state index contributed by atoms with van der Waals surface area (Å²) in [6, 6.07) is 6.94. The van der Waals surface area contributed by atoms with E-state index in [4.69, 9.17) is 10.8 Å². The minimum Gasteiger partial charge on any atom is -0.392 e. The van der Waals surface area contributed by atoms with Crippen molar-refractivity contribution in [2.45, 2.75) is 6.61 Å². The molecule has 0 radical (unpaired) electrons. The average Bonchev–Trinajstić information content (AvgIpc) is 2.78. The second-order valence-electron chi connectivity index (χ2n) is 3.44. The zero-order valence-corrected chi connectivity index (χ0v) is 10.4. The Labute approximate surface area is 106 Å². The lowest BCUT2D eigenvalue weighted by atomic mass is 10.2. The molecule has 0 saturated heterocycles. The number of halogens is 1. The van der Waals surface area contributed by atoms with Gasteiger partial charge >= 0.3 is 0 Å². The highest BCUT2D eigenvalue weighted by atomic mass is 79.9. The van der Waals surface area contributed by atoms with Gasteiger partial charge in [0.25, 0.3) is 5.91 Å². The Hall–Kier alpha value is -1.66. The van der Waals surface area contributed by atoms with E-state index in [9.17, 15) is 4.79 Å². The number of hydrogen-bond donors (Lipinski definition) is 2. The van der Waals surface area contributed by atoms with Gasteiger partial charge < -0.3 is 10.8 Å². The molecule has 0 aliphatic rings. The SMILES string of the molecule is NC(=O)c1ccn(-c2ccc(CO)c(Br)c2)n1. The lowest BCUT2D eigenvalue weighted by Crippen LogP contribution is -2.12. The molecule has 1 aromatic heterocycles. The van der Waals surface area contributed by atoms with Crippen LogP contribution in [0.1, 0.15) is 16.1 Å². The molecule has 5 nitrogen and oxygen atoms in total. The van der Waals surface area contributed by atoms with Gasteiger partial charge in [-0.3, -0.25) is 4.79 Å². The highest BCUT2D eigenvalue weighted by Crippen LogP contribution is 2.20. The summed E-state index contributed by atoms with van der Waals surface area (Å²) in [5.74, 6) is -0.560. The fourth-order valence-electron chi connectivity index (χ4n) is 1.41. The molecule has 0 unspecified atom stereocenters. The van der Waals surface area contributed by atoms with Gasteiger partial charge in [-0.1, -0.05) is 22.0 Å². The van der Waals surface area contributed by atoms with Gasteiger partial charge in [-0.2, -0.15) is 5.10 Å². The van der Waals surface area contributed by atoms with Crippen LogP contribution in [0.3, 0.4) is 0 Å². The van der Waals surface area contributed by atoms with Gasteiger partial charge in [0, 0.05) is 10.7 Å². The number of nitrogens with two attached hydrogens (primary N) is 1. The van der Waals surface area contributed by atoms with E-state index in [0.717, 1.165) is 15.7 Å². The first kappa shape index (κ1) is 11.8. The summed E-state index contributed by atoms with van der Waals surface area (Å²) < 4.78 is 2.33. The molecule has 6 heteroatoms. The summed E-state index contributed by atoms with van der Waals surface area (Å²) in [7, 11) is 0. The van der Waals surface area contributed by atoms with Gasteiger partial charge in [0.05, 0.1) is 12.3 Å². The number of primary amides is 1. The summed E-state index contributed by atoms with van der Waals surface area (Å²) in [4.78, 5) is 10.9. The molecule has 0 aliphatic heterocycles. The van der Waals surface area contributed by atoms with Crippen molar-refractivity contribution in [2.24, 2.45) is 5.73 Å². The number of nitrogens with zero attached hydrogens (tertiary/aromatic N) is 2. The number of carbonyl (C=O) groups excluding carboxylic acids is 1. The molecule has 0 bridgehead atoms. The van der Waals surface area contributed by atoms with Crippen LogP contribution in [0.4, 0.5) is 0 Å². The van der Waals surface area contributed by atoms with Gasteiger partial charge in [0.2, 0.25) is 0 Å². The van der Waals surface area contributed by atoms with E-state index < -0.39 is 5.91 Å². The number of benzene rings is 1. The molecule has 1 amide bonds. The predicted octanol–water partition coefficient (Wildman–Crippen LogP) is 1.23. The zero-order chi connectivity index (χ0) is 12.4. The number of aromatic nitrogens is 2. The first-order valence-electron chi connectivity index (χ1n) is 4.87. The molecule has 0 saturated carbocycles. The number of hydrogen-bond acceptors (Lipinski definition) is 3. The highest BCUT2D eigenvalue weighted by molar-refractivity contribution is 9.10. The Balaban J connectivity index is 2.39. The molecule has 2 aromatic rings. The lowest BCUT2D eigenvalue weighted by Gasteiger charge is -2.05. The van der Waals surface area contributed by atoms with Crippen molar-refractivity contribution in [1.82, 2.24) is 9.78 Å². The van der Waals surface area contributed by atoms with Crippen LogP contribution in [0.15, 0.2) is 34.9 Å². The van der Waals surface area contributed by atoms with Crippen molar-refractivity contribution in [3.63, 3.8) is 0 Å². The van der Waals surface area contributed by atoms with Crippen molar-refractivity contribution in [3.8, 4) is 5.69 Å². The molecular weight excluding hydrogens is 286 g/mol. The van der Waals surface area contributed by atoms with E-state index in [0.29, 0.717) is 0 Å². The van der Waals surface area contributed by atoms with Crippen LogP contribution in [0, 0.1) is 0 Å². The molecule has 0 spiro atoms. The Morgan fingerprint density at radius 2 is 2.24 bits per heavy atom. The molecule has 88 valence electrons. The number of amides is 1. The van der Waals surface area contributed by atoms with Crippen molar-refractivity contribution < 1.29 is 9.90 Å². The first-order valence-corrected chi connectivity index (χ1v) is 5.66. The molecule has 3 N–H and O–H groups in total. The van der Waals surface area contributed by atoms with E-state index in [1.54, 1.807) is 29.1 Å². The summed E-state index contributed by atoms with van der Waals surface area (Å²) in [5.41, 5.74) is 6.91. The zero-order valence-electron chi connectivity index (χ0n) is 8.80. The lowest BCUT2D eigenvalue weighted by molar-refractivity contribution is 0.0995. The number of carbonyl (C=O) groups is 1. The van der Waals surface area contributed by atoms with Crippen LogP contribution >= 0.6 is 15.9 Å². The Morgan fingerprint density at radius 3 is 2.76 bits per heavy atom. The van der Waals surface area contributed by atoms with Crippen LogP contribution in [-0.2, 0) is 6.61 Å². The third-order valence-electron chi connectivity index (χ3n) is 2.31. The maximum Gasteiger partial charge on any atom is 0.269 e. The van der Waals surface area contributed by atoms with Gasteiger partial charge in [-0.05, 0) is 23.8 Å². The standard InChI is InChI=1S/C11H10BrN3O2/c12-9-5-8(2-1-7(9)6-16)15-4-3-10(14-15)11(13)17/h1-5,16H,6H2,(H2,13,17). The summed E-state index contributed by atoms with van der Waals surface area (Å²) >= 11 is 3.35. The maximum absolute atomic E-state index is 10.9. The van der Waals surface area contributed by atoms with Crippen molar-refractivity contribution >= 4 is 21.8 Å². The van der Waals surface area contributed by atoms with Gasteiger partial charge in [0.1, 0.15) is 5.69 Å². The van der Waals surface area contributed by atoms with Gasteiger partial charge in [-0.25, -0.2) is 4.68 Å². The largest absolute Gasteiger partial charge is 0.392 e.